The van der Waals surface area contributed by atoms with Crippen molar-refractivity contribution in [2.24, 2.45) is 5.92 Å². The van der Waals surface area contributed by atoms with E-state index in [1.54, 1.807) is 19.2 Å². The summed E-state index contributed by atoms with van der Waals surface area (Å²) in [4.78, 5) is 11.7. The first-order valence-corrected chi connectivity index (χ1v) is 8.50. The Bertz CT molecular complexity index is 764. The molecule has 3 rings (SSSR count). The standard InChI is InChI=1S/C20H25NO3/c1-13-9-18(22)10-14(2)21(13)15(3)17-7-8-19(23-4)20(11-17)24-12-16-5-6-16/h7-11,15-16H,5-6,12H2,1-4H3. The lowest BCUT2D eigenvalue weighted by Gasteiger charge is -2.23. The van der Waals surface area contributed by atoms with Gasteiger partial charge in [-0.3, -0.25) is 4.79 Å². The molecule has 1 aliphatic rings. The Morgan fingerprint density at radius 1 is 1.12 bits per heavy atom. The Hall–Kier alpha value is -2.23. The molecule has 1 aromatic carbocycles. The molecule has 0 saturated heterocycles. The van der Waals surface area contributed by atoms with Crippen molar-refractivity contribution in [3.05, 3.63) is 57.5 Å². The van der Waals surface area contributed by atoms with Crippen LogP contribution in [-0.2, 0) is 0 Å². The van der Waals surface area contributed by atoms with Crippen LogP contribution in [0, 0.1) is 19.8 Å². The molecule has 0 radical (unpaired) electrons. The van der Waals surface area contributed by atoms with E-state index in [2.05, 4.69) is 23.6 Å². The fraction of sp³-hybridized carbons (Fsp3) is 0.450. The average Bonchev–Trinajstić information content (AvgIpc) is 3.35. The summed E-state index contributed by atoms with van der Waals surface area (Å²) < 4.78 is 13.6. The number of aryl methyl sites for hydroxylation is 2. The van der Waals surface area contributed by atoms with Crippen molar-refractivity contribution in [3.63, 3.8) is 0 Å². The van der Waals surface area contributed by atoms with Crippen molar-refractivity contribution >= 4 is 0 Å². The average molecular weight is 327 g/mol. The molecule has 24 heavy (non-hydrogen) atoms. The molecule has 1 unspecified atom stereocenters. The van der Waals surface area contributed by atoms with Crippen LogP contribution in [-0.4, -0.2) is 18.3 Å². The van der Waals surface area contributed by atoms with Crippen LogP contribution in [0.15, 0.2) is 35.1 Å². The summed E-state index contributed by atoms with van der Waals surface area (Å²) in [6.45, 7) is 6.83. The Morgan fingerprint density at radius 3 is 2.38 bits per heavy atom. The molecule has 4 nitrogen and oxygen atoms in total. The summed E-state index contributed by atoms with van der Waals surface area (Å²) in [6, 6.07) is 9.55. The van der Waals surface area contributed by atoms with Crippen molar-refractivity contribution < 1.29 is 9.47 Å². The van der Waals surface area contributed by atoms with Gasteiger partial charge in [0.1, 0.15) is 0 Å². The summed E-state index contributed by atoms with van der Waals surface area (Å²) in [5.41, 5.74) is 3.11. The Labute approximate surface area is 143 Å². The van der Waals surface area contributed by atoms with Gasteiger partial charge in [0.25, 0.3) is 0 Å². The van der Waals surface area contributed by atoms with Gasteiger partial charge >= 0.3 is 0 Å². The molecule has 1 heterocycles. The summed E-state index contributed by atoms with van der Waals surface area (Å²) >= 11 is 0. The molecule has 0 spiro atoms. The Balaban J connectivity index is 1.93. The van der Waals surface area contributed by atoms with E-state index in [-0.39, 0.29) is 11.5 Å². The quantitative estimate of drug-likeness (QED) is 0.808. The van der Waals surface area contributed by atoms with Crippen molar-refractivity contribution in [1.82, 2.24) is 4.57 Å². The highest BCUT2D eigenvalue weighted by Crippen LogP contribution is 2.35. The first kappa shape index (κ1) is 16.6. The molecule has 128 valence electrons. The highest BCUT2D eigenvalue weighted by molar-refractivity contribution is 5.44. The Morgan fingerprint density at radius 2 is 1.79 bits per heavy atom. The molecule has 1 saturated carbocycles. The van der Waals surface area contributed by atoms with Gasteiger partial charge in [-0.25, -0.2) is 0 Å². The third-order valence-corrected chi connectivity index (χ3v) is 4.69. The second-order valence-electron chi connectivity index (χ2n) is 6.68. The molecular weight excluding hydrogens is 302 g/mol. The number of hydrogen-bond donors (Lipinski definition) is 0. The third kappa shape index (κ3) is 3.48. The van der Waals surface area contributed by atoms with Gasteiger partial charge in [-0.15, -0.1) is 0 Å². The second kappa shape index (κ2) is 6.71. The van der Waals surface area contributed by atoms with Gasteiger partial charge in [-0.05, 0) is 57.2 Å². The minimum absolute atomic E-state index is 0.0524. The van der Waals surface area contributed by atoms with Crippen molar-refractivity contribution in [3.8, 4) is 11.5 Å². The van der Waals surface area contributed by atoms with Crippen LogP contribution in [0.5, 0.6) is 11.5 Å². The molecular formula is C20H25NO3. The molecule has 0 bridgehead atoms. The molecule has 1 aliphatic carbocycles. The molecule has 0 amide bonds. The minimum Gasteiger partial charge on any atom is -0.493 e. The van der Waals surface area contributed by atoms with Gasteiger partial charge in [0.15, 0.2) is 16.9 Å². The number of nitrogens with zero attached hydrogens (tertiary/aromatic N) is 1. The van der Waals surface area contributed by atoms with Crippen LogP contribution in [0.1, 0.15) is 42.8 Å². The number of benzene rings is 1. The van der Waals surface area contributed by atoms with Crippen LogP contribution in [0.4, 0.5) is 0 Å². The first-order chi connectivity index (χ1) is 11.5. The normalized spacial score (nSPS) is 15.2. The number of pyridine rings is 1. The second-order valence-corrected chi connectivity index (χ2v) is 6.68. The van der Waals surface area contributed by atoms with E-state index < -0.39 is 0 Å². The van der Waals surface area contributed by atoms with Crippen molar-refractivity contribution in [2.45, 2.75) is 39.7 Å². The van der Waals surface area contributed by atoms with Crippen LogP contribution in [0.3, 0.4) is 0 Å². The fourth-order valence-electron chi connectivity index (χ4n) is 3.19. The topological polar surface area (TPSA) is 40.5 Å². The van der Waals surface area contributed by atoms with E-state index in [4.69, 9.17) is 9.47 Å². The zero-order valence-electron chi connectivity index (χ0n) is 14.8. The van der Waals surface area contributed by atoms with Crippen LogP contribution >= 0.6 is 0 Å². The summed E-state index contributed by atoms with van der Waals surface area (Å²) in [6.07, 6.45) is 2.52. The maximum absolute atomic E-state index is 11.7. The zero-order chi connectivity index (χ0) is 17.3. The highest BCUT2D eigenvalue weighted by Gasteiger charge is 2.23. The number of rotatable bonds is 6. The Kier molecular flexibility index (Phi) is 4.65. The van der Waals surface area contributed by atoms with Crippen molar-refractivity contribution in [1.29, 1.82) is 0 Å². The predicted molar refractivity (Wildman–Crippen MR) is 95.2 cm³/mol. The lowest BCUT2D eigenvalue weighted by molar-refractivity contribution is 0.280. The van der Waals surface area contributed by atoms with Gasteiger partial charge in [0, 0.05) is 23.5 Å². The van der Waals surface area contributed by atoms with Gasteiger partial charge < -0.3 is 14.0 Å². The highest BCUT2D eigenvalue weighted by atomic mass is 16.5. The molecule has 1 aromatic heterocycles. The van der Waals surface area contributed by atoms with E-state index in [1.165, 1.54) is 12.8 Å². The lowest BCUT2D eigenvalue weighted by atomic mass is 10.1. The van der Waals surface area contributed by atoms with E-state index in [0.29, 0.717) is 5.92 Å². The fourth-order valence-corrected chi connectivity index (χ4v) is 3.19. The van der Waals surface area contributed by atoms with E-state index in [0.717, 1.165) is 35.1 Å². The number of aromatic nitrogens is 1. The summed E-state index contributed by atoms with van der Waals surface area (Å²) in [7, 11) is 1.67. The van der Waals surface area contributed by atoms with Crippen LogP contribution < -0.4 is 14.9 Å². The summed E-state index contributed by atoms with van der Waals surface area (Å²) in [5.74, 6) is 2.25. The predicted octanol–water partition coefficient (Wildman–Crippen LogP) is 3.87. The van der Waals surface area contributed by atoms with E-state index >= 15 is 0 Å². The first-order valence-electron chi connectivity index (χ1n) is 8.50. The molecule has 1 atom stereocenters. The molecule has 0 N–H and O–H groups in total. The number of hydrogen-bond acceptors (Lipinski definition) is 3. The minimum atomic E-state index is 0.0524. The van der Waals surface area contributed by atoms with Gasteiger partial charge in [-0.1, -0.05) is 6.07 Å². The van der Waals surface area contributed by atoms with E-state index in [1.807, 2.05) is 19.9 Å². The van der Waals surface area contributed by atoms with E-state index in [9.17, 15) is 4.79 Å². The number of methoxy groups -OCH3 is 1. The largest absolute Gasteiger partial charge is 0.493 e. The third-order valence-electron chi connectivity index (χ3n) is 4.69. The summed E-state index contributed by atoms with van der Waals surface area (Å²) in [5, 5.41) is 0. The van der Waals surface area contributed by atoms with Gasteiger partial charge in [-0.2, -0.15) is 0 Å². The monoisotopic (exact) mass is 327 g/mol. The lowest BCUT2D eigenvalue weighted by Crippen LogP contribution is -2.17. The number of ether oxygens (including phenoxy) is 2. The molecule has 1 fully saturated rings. The van der Waals surface area contributed by atoms with Gasteiger partial charge in [0.05, 0.1) is 19.8 Å². The maximum Gasteiger partial charge on any atom is 0.182 e. The molecule has 0 aliphatic heterocycles. The maximum atomic E-state index is 11.7. The van der Waals surface area contributed by atoms with Crippen LogP contribution in [0.2, 0.25) is 0 Å². The SMILES string of the molecule is COc1ccc(C(C)n2c(C)cc(=O)cc2C)cc1OCC1CC1. The van der Waals surface area contributed by atoms with Crippen LogP contribution in [0.25, 0.3) is 0 Å². The molecule has 2 aromatic rings. The zero-order valence-corrected chi connectivity index (χ0v) is 14.8. The smallest absolute Gasteiger partial charge is 0.182 e. The molecule has 4 heteroatoms. The van der Waals surface area contributed by atoms with Crippen molar-refractivity contribution in [2.75, 3.05) is 13.7 Å². The van der Waals surface area contributed by atoms with Gasteiger partial charge in [0.2, 0.25) is 0 Å².